The van der Waals surface area contributed by atoms with E-state index in [-0.39, 0.29) is 27.5 Å². The minimum absolute atomic E-state index is 0.0454. The average molecular weight is 582 g/mol. The van der Waals surface area contributed by atoms with Gasteiger partial charge in [-0.15, -0.1) is 23.2 Å². The van der Waals surface area contributed by atoms with Crippen molar-refractivity contribution in [1.82, 2.24) is 0 Å². The van der Waals surface area contributed by atoms with Gasteiger partial charge in [-0.1, -0.05) is 17.7 Å². The van der Waals surface area contributed by atoms with Crippen LogP contribution in [-0.2, 0) is 11.0 Å². The van der Waals surface area contributed by atoms with Crippen molar-refractivity contribution in [2.24, 2.45) is 5.92 Å². The van der Waals surface area contributed by atoms with E-state index in [1.54, 1.807) is 0 Å². The summed E-state index contributed by atoms with van der Waals surface area (Å²) >= 11 is 18.4. The SMILES string of the molecule is O=C(Nc1ccc(F)cc1F)c1cc(NC(=O)[C@H]2[C@H](c3ccc(F)c(C(F)(F)F)c3)C2(Cl)Cl)ccc1Cl. The number of nitrogens with one attached hydrogen (secondary N) is 2. The number of rotatable bonds is 5. The maximum atomic E-state index is 13.9. The van der Waals surface area contributed by atoms with E-state index in [1.807, 2.05) is 0 Å². The molecule has 1 aliphatic rings. The number of hydrogen-bond donors (Lipinski definition) is 2. The third-order valence-electron chi connectivity index (χ3n) is 5.65. The van der Waals surface area contributed by atoms with Crippen LogP contribution in [0.5, 0.6) is 0 Å². The molecule has 0 aromatic heterocycles. The van der Waals surface area contributed by atoms with E-state index < -0.39 is 57.2 Å². The third-order valence-corrected chi connectivity index (χ3v) is 6.92. The summed E-state index contributed by atoms with van der Waals surface area (Å²) in [5.41, 5.74) is -2.05. The van der Waals surface area contributed by atoms with Gasteiger partial charge in [0.25, 0.3) is 5.91 Å². The minimum atomic E-state index is -4.97. The molecule has 4 rings (SSSR count). The van der Waals surface area contributed by atoms with Crippen LogP contribution in [0, 0.1) is 23.4 Å². The Morgan fingerprint density at radius 1 is 0.865 bits per heavy atom. The highest BCUT2D eigenvalue weighted by Gasteiger charge is 2.67. The summed E-state index contributed by atoms with van der Waals surface area (Å²) in [4.78, 5) is 25.5. The first-order valence-corrected chi connectivity index (χ1v) is 11.4. The maximum Gasteiger partial charge on any atom is 0.419 e. The molecule has 2 N–H and O–H groups in total. The van der Waals surface area contributed by atoms with Crippen molar-refractivity contribution in [3.63, 3.8) is 0 Å². The molecule has 1 aliphatic carbocycles. The van der Waals surface area contributed by atoms with Gasteiger partial charge >= 0.3 is 6.18 Å². The van der Waals surface area contributed by atoms with Crippen molar-refractivity contribution in [3.8, 4) is 0 Å². The number of benzene rings is 3. The number of carbonyl (C=O) groups is 2. The van der Waals surface area contributed by atoms with Crippen LogP contribution in [0.15, 0.2) is 54.6 Å². The van der Waals surface area contributed by atoms with Crippen molar-refractivity contribution in [1.29, 1.82) is 0 Å². The third kappa shape index (κ3) is 5.51. The zero-order chi connectivity index (χ0) is 27.3. The zero-order valence-electron chi connectivity index (χ0n) is 18.1. The van der Waals surface area contributed by atoms with E-state index in [0.717, 1.165) is 24.3 Å². The normalized spacial score (nSPS) is 18.3. The second kappa shape index (κ2) is 9.74. The molecule has 0 heterocycles. The fraction of sp³-hybridized carbons (Fsp3) is 0.167. The Balaban J connectivity index is 1.53. The Kier molecular flexibility index (Phi) is 7.13. The minimum Gasteiger partial charge on any atom is -0.326 e. The van der Waals surface area contributed by atoms with Crippen LogP contribution in [0.25, 0.3) is 0 Å². The van der Waals surface area contributed by atoms with Gasteiger partial charge in [0, 0.05) is 17.7 Å². The van der Waals surface area contributed by atoms with Crippen LogP contribution >= 0.6 is 34.8 Å². The molecule has 2 amide bonds. The number of carbonyl (C=O) groups excluding carboxylic acids is 2. The summed E-state index contributed by atoms with van der Waals surface area (Å²) in [7, 11) is 0. The lowest BCUT2D eigenvalue weighted by molar-refractivity contribution is -0.140. The molecule has 0 spiro atoms. The highest BCUT2D eigenvalue weighted by atomic mass is 35.5. The van der Waals surface area contributed by atoms with Gasteiger partial charge < -0.3 is 10.6 Å². The molecular formula is C24H13Cl3F6N2O2. The van der Waals surface area contributed by atoms with Crippen molar-refractivity contribution in [3.05, 3.63) is 93.8 Å². The fourth-order valence-electron chi connectivity index (χ4n) is 3.80. The second-order valence-corrected chi connectivity index (χ2v) is 9.98. The molecule has 2 atom stereocenters. The Morgan fingerprint density at radius 3 is 2.22 bits per heavy atom. The van der Waals surface area contributed by atoms with Crippen LogP contribution in [0.1, 0.15) is 27.4 Å². The van der Waals surface area contributed by atoms with Crippen molar-refractivity contribution in [2.45, 2.75) is 16.4 Å². The van der Waals surface area contributed by atoms with Crippen LogP contribution in [0.2, 0.25) is 5.02 Å². The highest BCUT2D eigenvalue weighted by molar-refractivity contribution is 6.53. The lowest BCUT2D eigenvalue weighted by atomic mass is 10.0. The van der Waals surface area contributed by atoms with E-state index in [0.29, 0.717) is 18.2 Å². The molecule has 3 aromatic rings. The molecular weight excluding hydrogens is 569 g/mol. The van der Waals surface area contributed by atoms with Crippen LogP contribution in [-0.4, -0.2) is 16.1 Å². The molecule has 0 aliphatic heterocycles. The number of alkyl halides is 5. The molecule has 37 heavy (non-hydrogen) atoms. The van der Waals surface area contributed by atoms with E-state index in [4.69, 9.17) is 34.8 Å². The molecule has 0 saturated heterocycles. The van der Waals surface area contributed by atoms with Crippen molar-refractivity contribution >= 4 is 58.0 Å². The fourth-order valence-corrected chi connectivity index (χ4v) is 4.83. The van der Waals surface area contributed by atoms with Crippen molar-refractivity contribution < 1.29 is 35.9 Å². The first-order chi connectivity index (χ1) is 17.2. The monoisotopic (exact) mass is 580 g/mol. The van der Waals surface area contributed by atoms with Gasteiger partial charge in [-0.3, -0.25) is 9.59 Å². The molecule has 0 bridgehead atoms. The standard InChI is InChI=1S/C24H13Cl3F6N2O2/c25-15-4-3-12(9-13(15)21(36)35-18-6-2-11(28)8-17(18)30)34-22(37)20-19(23(20,26)27)10-1-5-16(29)14(7-10)24(31,32)33/h1-9,19-20H,(H,34,37)(H,35,36)/t19-,20+/m0/s1. The maximum absolute atomic E-state index is 13.9. The first kappa shape index (κ1) is 27.1. The topological polar surface area (TPSA) is 58.2 Å². The van der Waals surface area contributed by atoms with Gasteiger partial charge in [-0.25, -0.2) is 13.2 Å². The molecule has 13 heteroatoms. The smallest absolute Gasteiger partial charge is 0.326 e. The molecule has 3 aromatic carbocycles. The molecule has 1 saturated carbocycles. The largest absolute Gasteiger partial charge is 0.419 e. The first-order valence-electron chi connectivity index (χ1n) is 10.3. The summed E-state index contributed by atoms with van der Waals surface area (Å²) < 4.78 is 78.1. The summed E-state index contributed by atoms with van der Waals surface area (Å²) in [5.74, 6) is -7.29. The Morgan fingerprint density at radius 2 is 1.57 bits per heavy atom. The number of anilines is 2. The van der Waals surface area contributed by atoms with Gasteiger partial charge in [-0.05, 0) is 48.0 Å². The lowest BCUT2D eigenvalue weighted by Crippen LogP contribution is -2.18. The molecule has 4 nitrogen and oxygen atoms in total. The van der Waals surface area contributed by atoms with Gasteiger partial charge in [0.2, 0.25) is 5.91 Å². The van der Waals surface area contributed by atoms with Gasteiger partial charge in [0.05, 0.1) is 27.8 Å². The highest BCUT2D eigenvalue weighted by Crippen LogP contribution is 2.65. The van der Waals surface area contributed by atoms with E-state index in [9.17, 15) is 35.9 Å². The number of halogens is 9. The van der Waals surface area contributed by atoms with E-state index >= 15 is 0 Å². The Bertz CT molecular complexity index is 1410. The van der Waals surface area contributed by atoms with Gasteiger partial charge in [0.15, 0.2) is 0 Å². The molecule has 0 unspecified atom stereocenters. The summed E-state index contributed by atoms with van der Waals surface area (Å²) in [6.45, 7) is 0. The van der Waals surface area contributed by atoms with E-state index in [1.165, 1.54) is 12.1 Å². The van der Waals surface area contributed by atoms with E-state index in [2.05, 4.69) is 10.6 Å². The zero-order valence-corrected chi connectivity index (χ0v) is 20.3. The number of amides is 2. The average Bonchev–Trinajstić information content (AvgIpc) is 3.38. The predicted molar refractivity (Wildman–Crippen MR) is 126 cm³/mol. The second-order valence-electron chi connectivity index (χ2n) is 8.13. The summed E-state index contributed by atoms with van der Waals surface area (Å²) in [5, 5.41) is 4.63. The van der Waals surface area contributed by atoms with Gasteiger partial charge in [-0.2, -0.15) is 13.2 Å². The number of hydrogen-bond acceptors (Lipinski definition) is 2. The van der Waals surface area contributed by atoms with Crippen LogP contribution in [0.4, 0.5) is 37.7 Å². The van der Waals surface area contributed by atoms with Crippen LogP contribution < -0.4 is 10.6 Å². The summed E-state index contributed by atoms with van der Waals surface area (Å²) in [6.07, 6.45) is -4.97. The summed E-state index contributed by atoms with van der Waals surface area (Å²) in [6, 6.07) is 8.50. The van der Waals surface area contributed by atoms with Crippen LogP contribution in [0.3, 0.4) is 0 Å². The molecule has 0 radical (unpaired) electrons. The predicted octanol–water partition coefficient (Wildman–Crippen LogP) is 7.55. The van der Waals surface area contributed by atoms with Gasteiger partial charge in [0.1, 0.15) is 21.8 Å². The molecule has 194 valence electrons. The van der Waals surface area contributed by atoms with Crippen molar-refractivity contribution in [2.75, 3.05) is 10.6 Å². The lowest BCUT2D eigenvalue weighted by Gasteiger charge is -2.11. The Labute approximate surface area is 220 Å². The Hall–Kier alpha value is -2.95. The molecule has 1 fully saturated rings. The quantitative estimate of drug-likeness (QED) is 0.241.